The Hall–Kier alpha value is -1.67. The molecule has 100 valence electrons. The van der Waals surface area contributed by atoms with Crippen LogP contribution in [0.1, 0.15) is 6.92 Å². The van der Waals surface area contributed by atoms with Crippen molar-refractivity contribution in [2.24, 2.45) is 11.1 Å². The van der Waals surface area contributed by atoms with Gasteiger partial charge in [0.2, 0.25) is 0 Å². The number of allylic oxidation sites excluding steroid dienone is 1. The first-order valence-electron chi connectivity index (χ1n) is 4.87. The molecule has 2 unspecified atom stereocenters. The second-order valence-electron chi connectivity index (χ2n) is 4.25. The predicted octanol–water partition coefficient (Wildman–Crippen LogP) is -0.642. The molecule has 18 heavy (non-hydrogen) atoms. The zero-order valence-electron chi connectivity index (χ0n) is 9.75. The first-order chi connectivity index (χ1) is 8.01. The molecule has 4 N–H and O–H groups in total. The number of carboxylic acids is 2. The molecule has 7 nitrogen and oxygen atoms in total. The molecule has 0 aromatic carbocycles. The van der Waals surface area contributed by atoms with Crippen molar-refractivity contribution in [1.82, 2.24) is 0 Å². The number of aliphatic carboxylic acids is 2. The Morgan fingerprint density at radius 2 is 1.89 bits per heavy atom. The van der Waals surface area contributed by atoms with Crippen molar-refractivity contribution < 1.29 is 28.2 Å². The molecule has 1 rings (SSSR count). The summed E-state index contributed by atoms with van der Waals surface area (Å²) in [6.07, 6.45) is 2.92. The first kappa shape index (κ1) is 14.4. The Kier molecular flexibility index (Phi) is 3.37. The van der Waals surface area contributed by atoms with Gasteiger partial charge in [-0.3, -0.25) is 4.79 Å². The van der Waals surface area contributed by atoms with E-state index in [1.807, 2.05) is 0 Å². The highest BCUT2D eigenvalue weighted by Crippen LogP contribution is 2.35. The minimum Gasteiger partial charge on any atom is -0.481 e. The van der Waals surface area contributed by atoms with E-state index in [1.54, 1.807) is 0 Å². The standard InChI is InChI=1S/C10H13NO6S/c1-10(9(14)15)4-3-5(18(2,16)17)6(7(10)11)8(12)13/h3-4,7H,11H2,1-2H3,(H,12,13)(H,14,15). The molecule has 0 aliphatic heterocycles. The number of carbonyl (C=O) groups is 2. The van der Waals surface area contributed by atoms with Gasteiger partial charge in [-0.2, -0.15) is 0 Å². The molecule has 0 amide bonds. The zero-order valence-corrected chi connectivity index (χ0v) is 10.6. The van der Waals surface area contributed by atoms with E-state index in [2.05, 4.69) is 0 Å². The first-order valence-corrected chi connectivity index (χ1v) is 6.76. The summed E-state index contributed by atoms with van der Waals surface area (Å²) in [6.45, 7) is 1.23. The quantitative estimate of drug-likeness (QED) is 0.623. The topological polar surface area (TPSA) is 135 Å². The van der Waals surface area contributed by atoms with Gasteiger partial charge in [-0.1, -0.05) is 6.08 Å². The van der Waals surface area contributed by atoms with Gasteiger partial charge < -0.3 is 15.9 Å². The average molecular weight is 275 g/mol. The van der Waals surface area contributed by atoms with Crippen molar-refractivity contribution >= 4 is 21.8 Å². The second-order valence-corrected chi connectivity index (χ2v) is 6.24. The van der Waals surface area contributed by atoms with E-state index in [-0.39, 0.29) is 0 Å². The summed E-state index contributed by atoms with van der Waals surface area (Å²) < 4.78 is 22.9. The van der Waals surface area contributed by atoms with E-state index < -0.39 is 43.7 Å². The van der Waals surface area contributed by atoms with E-state index in [1.165, 1.54) is 6.92 Å². The molecule has 1 aliphatic rings. The van der Waals surface area contributed by atoms with E-state index in [0.717, 1.165) is 18.4 Å². The van der Waals surface area contributed by atoms with Crippen LogP contribution in [0, 0.1) is 5.41 Å². The molecule has 0 bridgehead atoms. The third kappa shape index (κ3) is 2.16. The van der Waals surface area contributed by atoms with Crippen molar-refractivity contribution in [3.8, 4) is 0 Å². The third-order valence-corrected chi connectivity index (χ3v) is 4.05. The van der Waals surface area contributed by atoms with Gasteiger partial charge in [-0.25, -0.2) is 13.2 Å². The SMILES string of the molecule is CC1(C(=O)O)C=CC(S(C)(=O)=O)=C(C(=O)O)C1N. The molecule has 8 heteroatoms. The Bertz CT molecular complexity index is 573. The van der Waals surface area contributed by atoms with Gasteiger partial charge in [0.25, 0.3) is 0 Å². The Labute approximate surface area is 104 Å². The van der Waals surface area contributed by atoms with Crippen LogP contribution in [0.15, 0.2) is 22.6 Å². The molecule has 0 saturated heterocycles. The van der Waals surface area contributed by atoms with Gasteiger partial charge in [0.05, 0.1) is 16.5 Å². The third-order valence-electron chi connectivity index (χ3n) is 2.89. The van der Waals surface area contributed by atoms with E-state index in [0.29, 0.717) is 0 Å². The molecule has 0 aromatic rings. The Morgan fingerprint density at radius 1 is 1.39 bits per heavy atom. The number of hydrogen-bond acceptors (Lipinski definition) is 5. The lowest BCUT2D eigenvalue weighted by Crippen LogP contribution is -2.49. The van der Waals surface area contributed by atoms with Gasteiger partial charge in [-0.05, 0) is 13.0 Å². The molecule has 0 spiro atoms. The van der Waals surface area contributed by atoms with Gasteiger partial charge in [0, 0.05) is 6.26 Å². The number of carboxylic acid groups (broad SMARTS) is 2. The van der Waals surface area contributed by atoms with E-state index in [4.69, 9.17) is 15.9 Å². The van der Waals surface area contributed by atoms with Crippen LogP contribution in [0.4, 0.5) is 0 Å². The second kappa shape index (κ2) is 4.21. The van der Waals surface area contributed by atoms with Gasteiger partial charge in [0.15, 0.2) is 9.84 Å². The molecule has 0 fully saturated rings. The maximum atomic E-state index is 11.5. The smallest absolute Gasteiger partial charge is 0.334 e. The number of hydrogen-bond donors (Lipinski definition) is 3. The van der Waals surface area contributed by atoms with Crippen LogP contribution < -0.4 is 5.73 Å². The molecule has 2 atom stereocenters. The summed E-state index contributed by atoms with van der Waals surface area (Å²) in [5.74, 6) is -2.86. The summed E-state index contributed by atoms with van der Waals surface area (Å²) in [5.41, 5.74) is 3.35. The molecule has 0 aromatic heterocycles. The van der Waals surface area contributed by atoms with Crippen LogP contribution in [-0.4, -0.2) is 42.9 Å². The highest BCUT2D eigenvalue weighted by atomic mass is 32.2. The highest BCUT2D eigenvalue weighted by Gasteiger charge is 2.45. The predicted molar refractivity (Wildman–Crippen MR) is 62.4 cm³/mol. The Morgan fingerprint density at radius 3 is 2.22 bits per heavy atom. The maximum absolute atomic E-state index is 11.5. The van der Waals surface area contributed by atoms with Gasteiger partial charge in [-0.15, -0.1) is 0 Å². The number of nitrogens with two attached hydrogens (primary N) is 1. The van der Waals surface area contributed by atoms with Gasteiger partial charge in [0.1, 0.15) is 5.41 Å². The molecule has 0 radical (unpaired) electrons. The van der Waals surface area contributed by atoms with Crippen molar-refractivity contribution in [3.63, 3.8) is 0 Å². The van der Waals surface area contributed by atoms with Crippen molar-refractivity contribution in [2.45, 2.75) is 13.0 Å². The molecule has 0 saturated carbocycles. The molecular weight excluding hydrogens is 262 g/mol. The minimum absolute atomic E-state index is 0.457. The molecule has 1 aliphatic carbocycles. The van der Waals surface area contributed by atoms with E-state index in [9.17, 15) is 18.0 Å². The lowest BCUT2D eigenvalue weighted by Gasteiger charge is -2.32. The zero-order chi connectivity index (χ0) is 14.3. The maximum Gasteiger partial charge on any atom is 0.334 e. The van der Waals surface area contributed by atoms with Crippen LogP contribution >= 0.6 is 0 Å². The molecular formula is C10H13NO6S. The minimum atomic E-state index is -3.79. The van der Waals surface area contributed by atoms with Crippen molar-refractivity contribution in [2.75, 3.05) is 6.26 Å². The van der Waals surface area contributed by atoms with Crippen molar-refractivity contribution in [1.29, 1.82) is 0 Å². The van der Waals surface area contributed by atoms with Crippen LogP contribution in [0.25, 0.3) is 0 Å². The summed E-state index contributed by atoms with van der Waals surface area (Å²) in [6, 6.07) is -1.44. The summed E-state index contributed by atoms with van der Waals surface area (Å²) in [7, 11) is -3.79. The fourth-order valence-electron chi connectivity index (χ4n) is 1.66. The van der Waals surface area contributed by atoms with Crippen LogP contribution in [0.5, 0.6) is 0 Å². The fourth-order valence-corrected chi connectivity index (χ4v) is 2.59. The number of sulfone groups is 1. The summed E-state index contributed by atoms with van der Waals surface area (Å²) >= 11 is 0. The highest BCUT2D eigenvalue weighted by molar-refractivity contribution is 7.94. The fraction of sp³-hybridized carbons (Fsp3) is 0.400. The lowest BCUT2D eigenvalue weighted by atomic mass is 9.76. The monoisotopic (exact) mass is 275 g/mol. The summed E-state index contributed by atoms with van der Waals surface area (Å²) in [5, 5.41) is 18.1. The molecule has 0 heterocycles. The Balaban J connectivity index is 3.56. The lowest BCUT2D eigenvalue weighted by molar-refractivity contribution is -0.146. The number of rotatable bonds is 3. The van der Waals surface area contributed by atoms with Crippen LogP contribution in [-0.2, 0) is 19.4 Å². The van der Waals surface area contributed by atoms with Crippen LogP contribution in [0.3, 0.4) is 0 Å². The normalized spacial score (nSPS) is 28.3. The van der Waals surface area contributed by atoms with Gasteiger partial charge >= 0.3 is 11.9 Å². The van der Waals surface area contributed by atoms with E-state index >= 15 is 0 Å². The largest absolute Gasteiger partial charge is 0.481 e. The van der Waals surface area contributed by atoms with Crippen molar-refractivity contribution in [3.05, 3.63) is 22.6 Å². The average Bonchev–Trinajstić information content (AvgIpc) is 2.19. The van der Waals surface area contributed by atoms with Crippen LogP contribution in [0.2, 0.25) is 0 Å². The summed E-state index contributed by atoms with van der Waals surface area (Å²) in [4.78, 5) is 21.8.